The maximum atomic E-state index is 13.7. The summed E-state index contributed by atoms with van der Waals surface area (Å²) in [6.07, 6.45) is 4.27. The van der Waals surface area contributed by atoms with Gasteiger partial charge in [0.15, 0.2) is 0 Å². The van der Waals surface area contributed by atoms with Gasteiger partial charge in [0.05, 0.1) is 5.02 Å². The number of hydrogen-bond acceptors (Lipinski definition) is 2. The largest absolute Gasteiger partial charge is 0.323 e. The van der Waals surface area contributed by atoms with E-state index in [2.05, 4.69) is 26.6 Å². The normalized spacial score (nSPS) is 32.0. The third-order valence-corrected chi connectivity index (χ3v) is 6.72. The molecule has 1 aromatic carbocycles. The number of fused-ring (bicyclic) bond motifs is 2. The van der Waals surface area contributed by atoms with Gasteiger partial charge in [0.1, 0.15) is 11.4 Å². The van der Waals surface area contributed by atoms with E-state index >= 15 is 0 Å². The van der Waals surface area contributed by atoms with Crippen LogP contribution in [0.15, 0.2) is 16.6 Å². The Bertz CT molecular complexity index is 785. The van der Waals surface area contributed by atoms with Crippen molar-refractivity contribution in [3.63, 3.8) is 0 Å². The number of rotatable bonds is 0. The summed E-state index contributed by atoms with van der Waals surface area (Å²) >= 11 is 9.72. The van der Waals surface area contributed by atoms with Gasteiger partial charge in [-0.1, -0.05) is 33.6 Å². The Morgan fingerprint density at radius 2 is 1.87 bits per heavy atom. The Morgan fingerprint density at radius 1 is 1.17 bits per heavy atom. The molecule has 1 saturated heterocycles. The minimum absolute atomic E-state index is 0.128. The quantitative estimate of drug-likeness (QED) is 0.655. The number of halogens is 3. The van der Waals surface area contributed by atoms with Crippen molar-refractivity contribution < 1.29 is 14.0 Å². The van der Waals surface area contributed by atoms with Crippen molar-refractivity contribution in [2.45, 2.75) is 36.6 Å². The second-order valence-corrected chi connectivity index (χ2v) is 7.62. The zero-order valence-corrected chi connectivity index (χ0v) is 14.4. The second kappa shape index (κ2) is 4.80. The zero-order chi connectivity index (χ0) is 16.4. The van der Waals surface area contributed by atoms with Crippen LogP contribution in [-0.2, 0) is 10.2 Å². The number of carbonyl (C=O) groups excluding carboxylic acids is 2. The number of hydrogen-bond donors (Lipinski definition) is 2. The Labute approximate surface area is 145 Å². The minimum atomic E-state index is -0.817. The number of amides is 3. The number of nitrogens with one attached hydrogen (secondary N) is 2. The first-order valence-electron chi connectivity index (χ1n) is 7.38. The van der Waals surface area contributed by atoms with E-state index in [0.717, 1.165) is 10.0 Å². The van der Waals surface area contributed by atoms with E-state index < -0.39 is 17.4 Å². The lowest BCUT2D eigenvalue weighted by molar-refractivity contribution is -0.125. The van der Waals surface area contributed by atoms with Gasteiger partial charge in [0.25, 0.3) is 5.91 Å². The molecule has 120 valence electrons. The lowest BCUT2D eigenvalue weighted by atomic mass is 9.65. The van der Waals surface area contributed by atoms with Crippen LogP contribution in [0.4, 0.5) is 9.18 Å². The highest BCUT2D eigenvalue weighted by atomic mass is 79.9. The average molecular weight is 400 g/mol. The monoisotopic (exact) mass is 398 g/mol. The summed E-state index contributed by atoms with van der Waals surface area (Å²) in [5.74, 6) is -0.693. The van der Waals surface area contributed by atoms with E-state index in [1.54, 1.807) is 6.07 Å². The van der Waals surface area contributed by atoms with Crippen molar-refractivity contribution in [3.05, 3.63) is 38.6 Å². The van der Waals surface area contributed by atoms with Gasteiger partial charge < -0.3 is 5.32 Å². The molecule has 23 heavy (non-hydrogen) atoms. The summed E-state index contributed by atoms with van der Waals surface area (Å²) in [6.45, 7) is 0. The van der Waals surface area contributed by atoms with E-state index in [1.807, 2.05) is 6.08 Å². The van der Waals surface area contributed by atoms with Crippen LogP contribution in [0.5, 0.6) is 0 Å². The maximum absolute atomic E-state index is 13.7. The third-order valence-electron chi connectivity index (χ3n) is 5.35. The molecule has 4 rings (SSSR count). The lowest BCUT2D eigenvalue weighted by Crippen LogP contribution is -2.52. The molecular formula is C16H13BrClFN2O2. The number of allylic oxidation sites excluding steroid dienone is 1. The molecule has 0 unspecified atom stereocenters. The predicted octanol–water partition coefficient (Wildman–Crippen LogP) is 3.62. The first-order chi connectivity index (χ1) is 10.9. The van der Waals surface area contributed by atoms with Gasteiger partial charge in [-0.2, -0.15) is 0 Å². The number of urea groups is 1. The van der Waals surface area contributed by atoms with Crippen LogP contribution in [0.3, 0.4) is 0 Å². The van der Waals surface area contributed by atoms with Crippen LogP contribution in [0.2, 0.25) is 5.02 Å². The summed E-state index contributed by atoms with van der Waals surface area (Å²) in [5, 5.41) is 5.21. The lowest BCUT2D eigenvalue weighted by Gasteiger charge is -2.42. The van der Waals surface area contributed by atoms with Crippen LogP contribution < -0.4 is 10.6 Å². The molecule has 3 aliphatic rings. The molecule has 2 aliphatic carbocycles. The van der Waals surface area contributed by atoms with Crippen molar-refractivity contribution in [3.8, 4) is 0 Å². The van der Waals surface area contributed by atoms with Crippen LogP contribution >= 0.6 is 27.5 Å². The molecule has 7 heteroatoms. The Hall–Kier alpha value is -1.40. The second-order valence-electron chi connectivity index (χ2n) is 6.39. The summed E-state index contributed by atoms with van der Waals surface area (Å²) < 4.78 is 14.7. The maximum Gasteiger partial charge on any atom is 0.322 e. The van der Waals surface area contributed by atoms with Gasteiger partial charge in [-0.25, -0.2) is 9.18 Å². The molecule has 1 aromatic rings. The van der Waals surface area contributed by atoms with Crippen molar-refractivity contribution in [1.29, 1.82) is 0 Å². The molecule has 0 radical (unpaired) electrons. The summed E-state index contributed by atoms with van der Waals surface area (Å²) in [5.41, 5.74) is 0.568. The number of carbonyl (C=O) groups is 2. The molecule has 1 aliphatic heterocycles. The Kier molecular flexibility index (Phi) is 3.16. The van der Waals surface area contributed by atoms with Crippen molar-refractivity contribution in [2.24, 2.45) is 0 Å². The molecule has 0 bridgehead atoms. The van der Waals surface area contributed by atoms with E-state index in [0.29, 0.717) is 31.2 Å². The predicted molar refractivity (Wildman–Crippen MR) is 87.9 cm³/mol. The molecule has 1 heterocycles. The minimum Gasteiger partial charge on any atom is -0.323 e. The fraction of sp³-hybridized carbons (Fsp3) is 0.375. The van der Waals surface area contributed by atoms with E-state index in [1.165, 1.54) is 6.07 Å². The summed E-state index contributed by atoms with van der Waals surface area (Å²) in [4.78, 5) is 23.6. The van der Waals surface area contributed by atoms with E-state index in [9.17, 15) is 14.0 Å². The van der Waals surface area contributed by atoms with Crippen LogP contribution in [0.1, 0.15) is 36.8 Å². The number of benzene rings is 1. The van der Waals surface area contributed by atoms with E-state index in [4.69, 9.17) is 11.6 Å². The van der Waals surface area contributed by atoms with Crippen molar-refractivity contribution in [1.82, 2.24) is 10.6 Å². The number of imide groups is 1. The SMILES string of the molecule is O=C1NC(=O)C2(CCC3(CC2)C(Br)=Cc2c3ccc(F)c2Cl)N1. The van der Waals surface area contributed by atoms with Crippen molar-refractivity contribution >= 4 is 45.5 Å². The molecule has 0 aromatic heterocycles. The van der Waals surface area contributed by atoms with Gasteiger partial charge in [-0.3, -0.25) is 10.1 Å². The van der Waals surface area contributed by atoms with Crippen LogP contribution in [-0.4, -0.2) is 17.5 Å². The fourth-order valence-electron chi connectivity index (χ4n) is 4.01. The fourth-order valence-corrected chi connectivity index (χ4v) is 5.07. The molecule has 2 N–H and O–H groups in total. The van der Waals surface area contributed by atoms with Gasteiger partial charge in [0.2, 0.25) is 0 Å². The summed E-state index contributed by atoms with van der Waals surface area (Å²) in [7, 11) is 0. The van der Waals surface area contributed by atoms with Gasteiger partial charge >= 0.3 is 6.03 Å². The highest BCUT2D eigenvalue weighted by Gasteiger charge is 2.54. The van der Waals surface area contributed by atoms with Gasteiger partial charge in [-0.05, 0) is 43.4 Å². The molecule has 2 fully saturated rings. The zero-order valence-electron chi connectivity index (χ0n) is 12.0. The van der Waals surface area contributed by atoms with Crippen LogP contribution in [0, 0.1) is 5.82 Å². The Morgan fingerprint density at radius 3 is 2.48 bits per heavy atom. The summed E-state index contributed by atoms with van der Waals surface area (Å²) in [6, 6.07) is 2.72. The molecular weight excluding hydrogens is 387 g/mol. The van der Waals surface area contributed by atoms with Crippen LogP contribution in [0.25, 0.3) is 6.08 Å². The Balaban J connectivity index is 1.71. The highest BCUT2D eigenvalue weighted by Crippen LogP contribution is 2.56. The average Bonchev–Trinajstić information content (AvgIpc) is 2.94. The molecule has 1 saturated carbocycles. The first kappa shape index (κ1) is 15.1. The third kappa shape index (κ3) is 1.94. The molecule has 3 amide bonds. The molecule has 2 spiro atoms. The highest BCUT2D eigenvalue weighted by molar-refractivity contribution is 9.11. The van der Waals surface area contributed by atoms with Crippen molar-refractivity contribution in [2.75, 3.05) is 0 Å². The smallest absolute Gasteiger partial charge is 0.322 e. The van der Waals surface area contributed by atoms with Gasteiger partial charge in [-0.15, -0.1) is 0 Å². The first-order valence-corrected chi connectivity index (χ1v) is 8.55. The topological polar surface area (TPSA) is 58.2 Å². The molecule has 4 nitrogen and oxygen atoms in total. The van der Waals surface area contributed by atoms with E-state index in [-0.39, 0.29) is 16.3 Å². The standard InChI is InChI=1S/C16H13BrClFN2O2/c17-11-7-8-9(1-2-10(19)12(8)18)15(11)3-5-16(6-4-15)13(22)20-14(23)21-16/h1-2,7H,3-6H2,(H2,20,21,22,23). The molecule has 0 atom stereocenters. The van der Waals surface area contributed by atoms with Gasteiger partial charge in [0, 0.05) is 15.5 Å².